The maximum Gasteiger partial charge on any atom is 0.243 e. The second-order valence-electron chi connectivity index (χ2n) is 5.96. The minimum absolute atomic E-state index is 0.191. The van der Waals surface area contributed by atoms with Gasteiger partial charge in [-0.15, -0.1) is 0 Å². The Hall–Kier alpha value is -2.38. The van der Waals surface area contributed by atoms with Crippen molar-refractivity contribution in [1.82, 2.24) is 4.31 Å². The standard InChI is InChI=1S/C19H24N2O4S/c1-5-21(26(23,24)18-10-9-14(2)15(3)11-18)13-19(22)20-16-7-6-8-17(12-16)25-4/h6-12H,5,13H2,1-4H3,(H,20,22). The summed E-state index contributed by atoms with van der Waals surface area (Å²) >= 11 is 0. The summed E-state index contributed by atoms with van der Waals surface area (Å²) in [6, 6.07) is 11.9. The molecule has 2 rings (SSSR count). The van der Waals surface area contributed by atoms with E-state index in [9.17, 15) is 13.2 Å². The Balaban J connectivity index is 2.16. The van der Waals surface area contributed by atoms with Crippen molar-refractivity contribution >= 4 is 21.6 Å². The van der Waals surface area contributed by atoms with Crippen LogP contribution in [-0.2, 0) is 14.8 Å². The quantitative estimate of drug-likeness (QED) is 0.806. The molecule has 2 aromatic carbocycles. The third kappa shape index (κ3) is 4.62. The predicted molar refractivity (Wildman–Crippen MR) is 102 cm³/mol. The van der Waals surface area contributed by atoms with E-state index >= 15 is 0 Å². The summed E-state index contributed by atoms with van der Waals surface area (Å²) in [7, 11) is -2.21. The number of hydrogen-bond donors (Lipinski definition) is 1. The minimum atomic E-state index is -3.74. The van der Waals surface area contributed by atoms with E-state index in [1.807, 2.05) is 13.8 Å². The molecule has 0 unspecified atom stereocenters. The number of aryl methyl sites for hydroxylation is 2. The first-order chi connectivity index (χ1) is 12.3. The number of nitrogens with zero attached hydrogens (tertiary/aromatic N) is 1. The molecule has 0 aliphatic heterocycles. The lowest BCUT2D eigenvalue weighted by molar-refractivity contribution is -0.116. The van der Waals surface area contributed by atoms with Crippen molar-refractivity contribution in [3.63, 3.8) is 0 Å². The van der Waals surface area contributed by atoms with Gasteiger partial charge in [0.15, 0.2) is 0 Å². The normalized spacial score (nSPS) is 11.4. The van der Waals surface area contributed by atoms with E-state index in [1.165, 1.54) is 7.11 Å². The lowest BCUT2D eigenvalue weighted by Crippen LogP contribution is -2.37. The highest BCUT2D eigenvalue weighted by atomic mass is 32.2. The van der Waals surface area contributed by atoms with Crippen molar-refractivity contribution in [2.24, 2.45) is 0 Å². The zero-order valence-corrected chi connectivity index (χ0v) is 16.3. The second kappa shape index (κ2) is 8.33. The predicted octanol–water partition coefficient (Wildman–Crippen LogP) is 2.96. The van der Waals surface area contributed by atoms with Gasteiger partial charge in [0.1, 0.15) is 5.75 Å². The molecule has 0 fully saturated rings. The van der Waals surface area contributed by atoms with Gasteiger partial charge in [0.05, 0.1) is 18.6 Å². The Morgan fingerprint density at radius 3 is 2.46 bits per heavy atom. The Morgan fingerprint density at radius 2 is 1.85 bits per heavy atom. The van der Waals surface area contributed by atoms with Gasteiger partial charge in [-0.3, -0.25) is 4.79 Å². The summed E-state index contributed by atoms with van der Waals surface area (Å²) in [5, 5.41) is 2.70. The smallest absolute Gasteiger partial charge is 0.243 e. The molecule has 1 N–H and O–H groups in total. The van der Waals surface area contributed by atoms with Gasteiger partial charge >= 0.3 is 0 Å². The van der Waals surface area contributed by atoms with Crippen LogP contribution in [0.15, 0.2) is 47.4 Å². The van der Waals surface area contributed by atoms with Crippen molar-refractivity contribution in [3.8, 4) is 5.75 Å². The van der Waals surface area contributed by atoms with Crippen molar-refractivity contribution in [3.05, 3.63) is 53.6 Å². The van der Waals surface area contributed by atoms with Gasteiger partial charge in [-0.25, -0.2) is 8.42 Å². The number of sulfonamides is 1. The lowest BCUT2D eigenvalue weighted by Gasteiger charge is -2.20. The van der Waals surface area contributed by atoms with Crippen molar-refractivity contribution in [2.75, 3.05) is 25.5 Å². The second-order valence-corrected chi connectivity index (χ2v) is 7.90. The number of carbonyl (C=O) groups excluding carboxylic acids is 1. The van der Waals surface area contributed by atoms with E-state index in [1.54, 1.807) is 49.4 Å². The fourth-order valence-electron chi connectivity index (χ4n) is 2.45. The van der Waals surface area contributed by atoms with Crippen LogP contribution in [0, 0.1) is 13.8 Å². The molecule has 0 saturated heterocycles. The number of ether oxygens (including phenoxy) is 1. The fraction of sp³-hybridized carbons (Fsp3) is 0.316. The van der Waals surface area contributed by atoms with Crippen LogP contribution < -0.4 is 10.1 Å². The molecule has 0 aromatic heterocycles. The average molecular weight is 376 g/mol. The van der Waals surface area contributed by atoms with E-state index < -0.39 is 15.9 Å². The van der Waals surface area contributed by atoms with Gasteiger partial charge < -0.3 is 10.1 Å². The molecule has 140 valence electrons. The van der Waals surface area contributed by atoms with Gasteiger partial charge in [0.25, 0.3) is 0 Å². The van der Waals surface area contributed by atoms with E-state index in [-0.39, 0.29) is 18.0 Å². The summed E-state index contributed by atoms with van der Waals surface area (Å²) in [5.74, 6) is 0.199. The highest BCUT2D eigenvalue weighted by molar-refractivity contribution is 7.89. The number of methoxy groups -OCH3 is 1. The summed E-state index contributed by atoms with van der Waals surface area (Å²) in [6.07, 6.45) is 0. The van der Waals surface area contributed by atoms with Gasteiger partial charge in [-0.1, -0.05) is 19.1 Å². The maximum absolute atomic E-state index is 12.8. The lowest BCUT2D eigenvalue weighted by atomic mass is 10.1. The fourth-order valence-corrected chi connectivity index (χ4v) is 3.94. The molecular formula is C19H24N2O4S. The first-order valence-electron chi connectivity index (χ1n) is 8.29. The molecule has 0 saturated carbocycles. The summed E-state index contributed by atoms with van der Waals surface area (Å²) in [5.41, 5.74) is 2.46. The number of benzene rings is 2. The van der Waals surface area contributed by atoms with Crippen LogP contribution in [0.5, 0.6) is 5.75 Å². The molecular weight excluding hydrogens is 352 g/mol. The van der Waals surface area contributed by atoms with Crippen molar-refractivity contribution in [2.45, 2.75) is 25.7 Å². The minimum Gasteiger partial charge on any atom is -0.497 e. The van der Waals surface area contributed by atoms with Crippen LogP contribution in [0.1, 0.15) is 18.1 Å². The maximum atomic E-state index is 12.8. The van der Waals surface area contributed by atoms with Crippen molar-refractivity contribution in [1.29, 1.82) is 0 Å². The van der Waals surface area contributed by atoms with Crippen LogP contribution >= 0.6 is 0 Å². The van der Waals surface area contributed by atoms with Crippen LogP contribution in [0.25, 0.3) is 0 Å². The third-order valence-electron chi connectivity index (χ3n) is 4.14. The highest BCUT2D eigenvalue weighted by Crippen LogP contribution is 2.20. The molecule has 0 radical (unpaired) electrons. The zero-order chi connectivity index (χ0) is 19.3. The van der Waals surface area contributed by atoms with Crippen LogP contribution in [-0.4, -0.2) is 38.8 Å². The van der Waals surface area contributed by atoms with E-state index in [0.717, 1.165) is 15.4 Å². The molecule has 1 amide bonds. The highest BCUT2D eigenvalue weighted by Gasteiger charge is 2.25. The molecule has 0 heterocycles. The number of carbonyl (C=O) groups is 1. The Bertz CT molecular complexity index is 894. The summed E-state index contributed by atoms with van der Waals surface area (Å²) in [4.78, 5) is 12.5. The largest absolute Gasteiger partial charge is 0.497 e. The van der Waals surface area contributed by atoms with Gasteiger partial charge in [-0.05, 0) is 49.2 Å². The Labute approximate surface area is 154 Å². The Kier molecular flexibility index (Phi) is 6.39. The summed E-state index contributed by atoms with van der Waals surface area (Å²) < 4.78 is 32.0. The molecule has 0 atom stereocenters. The first kappa shape index (κ1) is 19.9. The number of amides is 1. The van der Waals surface area contributed by atoms with Gasteiger partial charge in [0, 0.05) is 18.3 Å². The topological polar surface area (TPSA) is 75.7 Å². The van der Waals surface area contributed by atoms with E-state index in [2.05, 4.69) is 5.32 Å². The van der Waals surface area contributed by atoms with E-state index in [4.69, 9.17) is 4.74 Å². The molecule has 0 spiro atoms. The van der Waals surface area contributed by atoms with E-state index in [0.29, 0.717) is 11.4 Å². The van der Waals surface area contributed by atoms with Crippen LogP contribution in [0.4, 0.5) is 5.69 Å². The van der Waals surface area contributed by atoms with Crippen molar-refractivity contribution < 1.29 is 17.9 Å². The summed E-state index contributed by atoms with van der Waals surface area (Å²) in [6.45, 7) is 5.42. The first-order valence-corrected chi connectivity index (χ1v) is 9.73. The molecule has 6 nitrogen and oxygen atoms in total. The molecule has 7 heteroatoms. The van der Waals surface area contributed by atoms with Crippen LogP contribution in [0.2, 0.25) is 0 Å². The molecule has 0 bridgehead atoms. The molecule has 0 aliphatic rings. The molecule has 2 aromatic rings. The van der Waals surface area contributed by atoms with Gasteiger partial charge in [0.2, 0.25) is 15.9 Å². The number of nitrogens with one attached hydrogen (secondary N) is 1. The van der Waals surface area contributed by atoms with Gasteiger partial charge in [-0.2, -0.15) is 4.31 Å². The number of rotatable bonds is 7. The Morgan fingerprint density at radius 1 is 1.12 bits per heavy atom. The van der Waals surface area contributed by atoms with Crippen LogP contribution in [0.3, 0.4) is 0 Å². The monoisotopic (exact) mass is 376 g/mol. The molecule has 0 aliphatic carbocycles. The number of hydrogen-bond acceptors (Lipinski definition) is 4. The number of anilines is 1. The zero-order valence-electron chi connectivity index (χ0n) is 15.4. The number of likely N-dealkylation sites (N-methyl/N-ethyl adjacent to an activating group) is 1. The third-order valence-corrected chi connectivity index (χ3v) is 6.06. The molecule has 26 heavy (non-hydrogen) atoms. The SMILES string of the molecule is CCN(CC(=O)Nc1cccc(OC)c1)S(=O)(=O)c1ccc(C)c(C)c1. The average Bonchev–Trinajstić information content (AvgIpc) is 2.61.